The molecule has 196 valence electrons. The van der Waals surface area contributed by atoms with Crippen LogP contribution in [0.1, 0.15) is 50.9 Å². The highest BCUT2D eigenvalue weighted by atomic mass is 32.2. The van der Waals surface area contributed by atoms with Gasteiger partial charge in [-0.1, -0.05) is 19.9 Å². The van der Waals surface area contributed by atoms with Crippen molar-refractivity contribution in [1.29, 1.82) is 0 Å². The van der Waals surface area contributed by atoms with Gasteiger partial charge >= 0.3 is 0 Å². The number of sulfonamides is 1. The minimum Gasteiger partial charge on any atom is -0.475 e. The van der Waals surface area contributed by atoms with Gasteiger partial charge in [0.1, 0.15) is 11.6 Å². The van der Waals surface area contributed by atoms with E-state index in [1.54, 1.807) is 24.4 Å². The number of anilines is 2. The number of carbonyl (C=O) groups is 1. The van der Waals surface area contributed by atoms with Gasteiger partial charge in [0.2, 0.25) is 5.88 Å². The summed E-state index contributed by atoms with van der Waals surface area (Å²) in [4.78, 5) is 28.3. The minimum absolute atomic E-state index is 0.00198. The van der Waals surface area contributed by atoms with Crippen LogP contribution in [0.15, 0.2) is 53.7 Å². The molecule has 0 atom stereocenters. The first-order chi connectivity index (χ1) is 17.4. The van der Waals surface area contributed by atoms with E-state index in [4.69, 9.17) is 15.5 Å². The van der Waals surface area contributed by atoms with Gasteiger partial charge in [-0.15, -0.1) is 0 Å². The van der Waals surface area contributed by atoms with Crippen LogP contribution < -0.4 is 20.1 Å². The average molecular weight is 525 g/mol. The highest BCUT2D eigenvalue weighted by Crippen LogP contribution is 2.33. The summed E-state index contributed by atoms with van der Waals surface area (Å²) in [5.74, 6) is 0.172. The van der Waals surface area contributed by atoms with Crippen LogP contribution in [-0.2, 0) is 10.0 Å². The predicted molar refractivity (Wildman–Crippen MR) is 142 cm³/mol. The fourth-order valence-electron chi connectivity index (χ4n) is 4.28. The van der Waals surface area contributed by atoms with Gasteiger partial charge in [0.15, 0.2) is 5.03 Å². The summed E-state index contributed by atoms with van der Waals surface area (Å²) in [5, 5.41) is -0.333. The van der Waals surface area contributed by atoms with Gasteiger partial charge in [-0.3, -0.25) is 4.79 Å². The zero-order chi connectivity index (χ0) is 26.8. The van der Waals surface area contributed by atoms with Crippen LogP contribution in [-0.4, -0.2) is 48.5 Å². The number of ether oxygens (including phenoxy) is 1. The first-order valence-corrected chi connectivity index (χ1v) is 13.6. The third kappa shape index (κ3) is 6.34. The Labute approximate surface area is 217 Å². The Hall–Kier alpha value is -3.73. The summed E-state index contributed by atoms with van der Waals surface area (Å²) in [6.07, 6.45) is 3.64. The van der Waals surface area contributed by atoms with E-state index >= 15 is 0 Å². The largest absolute Gasteiger partial charge is 0.475 e. The second-order valence-electron chi connectivity index (χ2n) is 10.1. The summed E-state index contributed by atoms with van der Waals surface area (Å²) >= 11 is 0. The van der Waals surface area contributed by atoms with Gasteiger partial charge in [-0.25, -0.2) is 19.7 Å². The third-order valence-corrected chi connectivity index (χ3v) is 7.19. The van der Waals surface area contributed by atoms with Gasteiger partial charge in [-0.05, 0) is 62.4 Å². The number of rotatable bonds is 7. The molecule has 3 aromatic heterocycles. The first kappa shape index (κ1) is 26.3. The molecule has 1 fully saturated rings. The van der Waals surface area contributed by atoms with Crippen LogP contribution in [0.2, 0.25) is 0 Å². The number of nitrogens with one attached hydrogen (secondary N) is 1. The van der Waals surface area contributed by atoms with E-state index in [1.807, 2.05) is 24.8 Å². The zero-order valence-corrected chi connectivity index (χ0v) is 22.2. The van der Waals surface area contributed by atoms with Crippen molar-refractivity contribution >= 4 is 27.6 Å². The summed E-state index contributed by atoms with van der Waals surface area (Å²) < 4.78 is 33.4. The Balaban J connectivity index is 1.70. The van der Waals surface area contributed by atoms with Crippen molar-refractivity contribution in [2.45, 2.75) is 51.7 Å². The number of nitrogens with two attached hydrogens (primary N) is 1. The number of nitrogens with zero attached hydrogens (tertiary/aromatic N) is 4. The van der Waals surface area contributed by atoms with E-state index in [1.165, 1.54) is 18.2 Å². The van der Waals surface area contributed by atoms with E-state index in [9.17, 15) is 13.2 Å². The summed E-state index contributed by atoms with van der Waals surface area (Å²) in [5.41, 5.74) is 7.16. The molecule has 1 amide bonds. The van der Waals surface area contributed by atoms with Crippen LogP contribution in [0.25, 0.3) is 11.3 Å². The molecule has 4 heterocycles. The molecule has 11 heteroatoms. The normalized spacial score (nSPS) is 15.4. The molecule has 1 aliphatic heterocycles. The highest BCUT2D eigenvalue weighted by molar-refractivity contribution is 7.90. The van der Waals surface area contributed by atoms with Crippen molar-refractivity contribution in [3.05, 3.63) is 54.2 Å². The lowest BCUT2D eigenvalue weighted by atomic mass is 9.84. The van der Waals surface area contributed by atoms with Crippen LogP contribution in [0.5, 0.6) is 5.88 Å². The van der Waals surface area contributed by atoms with Gasteiger partial charge in [0.05, 0.1) is 17.4 Å². The monoisotopic (exact) mass is 524 g/mol. The van der Waals surface area contributed by atoms with Gasteiger partial charge in [0.25, 0.3) is 15.9 Å². The number of hydrogen-bond donors (Lipinski definition) is 2. The molecule has 4 rings (SSSR count). The summed E-state index contributed by atoms with van der Waals surface area (Å²) in [6, 6.07) is 11.1. The number of amides is 1. The maximum absolute atomic E-state index is 13.3. The Kier molecular flexibility index (Phi) is 7.35. The third-order valence-electron chi connectivity index (χ3n) is 5.96. The quantitative estimate of drug-likeness (QED) is 0.474. The molecule has 3 N–H and O–H groups in total. The minimum atomic E-state index is -4.24. The fourth-order valence-corrected chi connectivity index (χ4v) is 5.23. The molecule has 10 nitrogen and oxygen atoms in total. The standard InChI is InChI=1S/C26H32N6O4S/c1-17(2)36-22-12-9-18(15-28-22)20-11-10-19(24(29-20)32-14-6-13-26(3,4)16-32)25(33)31-37(34,35)23-8-5-7-21(27)30-23/h5,7-12,15,17H,6,13-14,16H2,1-4H3,(H2,27,30)(H,31,33). The van der Waals surface area contributed by atoms with Crippen molar-refractivity contribution in [2.75, 3.05) is 23.7 Å². The molecule has 0 spiro atoms. The average Bonchev–Trinajstić information content (AvgIpc) is 2.83. The van der Waals surface area contributed by atoms with Crippen LogP contribution in [0, 0.1) is 5.41 Å². The van der Waals surface area contributed by atoms with Crippen molar-refractivity contribution in [2.24, 2.45) is 5.41 Å². The van der Waals surface area contributed by atoms with Crippen LogP contribution >= 0.6 is 0 Å². The van der Waals surface area contributed by atoms with E-state index in [2.05, 4.69) is 28.5 Å². The molecule has 0 radical (unpaired) electrons. The molecule has 0 bridgehead atoms. The lowest BCUT2D eigenvalue weighted by Crippen LogP contribution is -2.42. The molecule has 37 heavy (non-hydrogen) atoms. The molecule has 0 aliphatic carbocycles. The second kappa shape index (κ2) is 10.3. The Morgan fingerprint density at radius 2 is 1.92 bits per heavy atom. The lowest BCUT2D eigenvalue weighted by molar-refractivity contribution is 0.0981. The van der Waals surface area contributed by atoms with E-state index < -0.39 is 15.9 Å². The number of hydrogen-bond acceptors (Lipinski definition) is 9. The molecule has 1 aliphatic rings. The van der Waals surface area contributed by atoms with Crippen molar-refractivity contribution in [3.8, 4) is 17.1 Å². The van der Waals surface area contributed by atoms with Gasteiger partial charge in [-0.2, -0.15) is 8.42 Å². The number of aromatic nitrogens is 3. The molecular formula is C26H32N6O4S. The Morgan fingerprint density at radius 1 is 1.14 bits per heavy atom. The number of carbonyl (C=O) groups excluding carboxylic acids is 1. The fraction of sp³-hybridized carbons (Fsp3) is 0.385. The maximum atomic E-state index is 13.3. The smallest absolute Gasteiger partial charge is 0.281 e. The number of pyridine rings is 3. The van der Waals surface area contributed by atoms with Crippen molar-refractivity contribution in [1.82, 2.24) is 19.7 Å². The predicted octanol–water partition coefficient (Wildman–Crippen LogP) is 3.65. The molecule has 3 aromatic rings. The SMILES string of the molecule is CC(C)Oc1ccc(-c2ccc(C(=O)NS(=O)(=O)c3cccc(N)n3)c(N3CCCC(C)(C)C3)n2)cn1. The lowest BCUT2D eigenvalue weighted by Gasteiger charge is -2.39. The Bertz CT molecular complexity index is 1390. The van der Waals surface area contributed by atoms with E-state index in [-0.39, 0.29) is 27.9 Å². The molecule has 0 aromatic carbocycles. The topological polar surface area (TPSA) is 140 Å². The highest BCUT2D eigenvalue weighted by Gasteiger charge is 2.31. The second-order valence-corrected chi connectivity index (χ2v) is 11.8. The summed E-state index contributed by atoms with van der Waals surface area (Å²) in [7, 11) is -4.24. The zero-order valence-electron chi connectivity index (χ0n) is 21.4. The molecular weight excluding hydrogens is 492 g/mol. The van der Waals surface area contributed by atoms with Crippen LogP contribution in [0.3, 0.4) is 0 Å². The van der Waals surface area contributed by atoms with Crippen molar-refractivity contribution < 1.29 is 17.9 Å². The molecule has 0 saturated carbocycles. The summed E-state index contributed by atoms with van der Waals surface area (Å²) in [6.45, 7) is 9.55. The van der Waals surface area contributed by atoms with Crippen LogP contribution in [0.4, 0.5) is 11.6 Å². The van der Waals surface area contributed by atoms with E-state index in [0.717, 1.165) is 18.4 Å². The Morgan fingerprint density at radius 3 is 2.57 bits per heavy atom. The van der Waals surface area contributed by atoms with Gasteiger partial charge < -0.3 is 15.4 Å². The molecule has 0 unspecified atom stereocenters. The molecule has 1 saturated heterocycles. The van der Waals surface area contributed by atoms with Crippen molar-refractivity contribution in [3.63, 3.8) is 0 Å². The first-order valence-electron chi connectivity index (χ1n) is 12.1. The number of piperidine rings is 1. The van der Waals surface area contributed by atoms with E-state index in [0.29, 0.717) is 30.5 Å². The number of nitrogen functional groups attached to an aromatic ring is 1. The maximum Gasteiger partial charge on any atom is 0.281 e. The van der Waals surface area contributed by atoms with Gasteiger partial charge in [0, 0.05) is 30.9 Å².